The van der Waals surface area contributed by atoms with Crippen LogP contribution < -0.4 is 15.4 Å². The molecule has 232 valence electrons. The number of ether oxygens (including phenoxy) is 1. The monoisotopic (exact) mass is 607 g/mol. The Morgan fingerprint density at radius 1 is 1.05 bits per heavy atom. The number of amides is 1. The fourth-order valence-corrected chi connectivity index (χ4v) is 6.10. The minimum Gasteiger partial charge on any atom is -0.457 e. The second kappa shape index (κ2) is 12.1. The maximum Gasteiger partial charge on any atom is 0.416 e. The highest BCUT2D eigenvalue weighted by atomic mass is 19.4. The van der Waals surface area contributed by atoms with Crippen LogP contribution in [0.1, 0.15) is 42.5 Å². The third kappa shape index (κ3) is 6.22. The minimum absolute atomic E-state index is 0.228. The van der Waals surface area contributed by atoms with E-state index >= 15 is 0 Å². The largest absolute Gasteiger partial charge is 0.457 e. The maximum absolute atomic E-state index is 14.3. The lowest BCUT2D eigenvalue weighted by Crippen LogP contribution is -2.45. The lowest BCUT2D eigenvalue weighted by molar-refractivity contribution is -0.138. The van der Waals surface area contributed by atoms with Gasteiger partial charge in [0.05, 0.1) is 16.6 Å². The number of piperazine rings is 1. The molecule has 0 spiro atoms. The van der Waals surface area contributed by atoms with Crippen molar-refractivity contribution in [1.29, 1.82) is 0 Å². The molecule has 1 amide bonds. The molecule has 2 aliphatic rings. The Labute approximate surface area is 254 Å². The standard InChI is InChI=1S/C32H36F3N7O2/c1-4-40-12-14-41(15-13-40)19-22-7-8-23(17-26(22)32(33,34)35)38-31-39-29-20(2)16-27(25-6-5-11-42(31)30(25)29)44-24-9-10-36-28(18-24)37-21(3)43/h7-10,16-18H,4-6,11-15,19H2,1-3H3,(H,38,39)(H,36,37,43). The molecule has 2 N–H and O–H groups in total. The summed E-state index contributed by atoms with van der Waals surface area (Å²) in [5.41, 5.74) is 3.54. The van der Waals surface area contributed by atoms with Gasteiger partial charge in [0.15, 0.2) is 0 Å². The quantitative estimate of drug-likeness (QED) is 0.242. The number of hydrogen-bond donors (Lipinski definition) is 2. The normalized spacial score (nSPS) is 15.9. The molecule has 0 saturated carbocycles. The molecule has 0 radical (unpaired) electrons. The molecule has 1 saturated heterocycles. The van der Waals surface area contributed by atoms with E-state index in [2.05, 4.69) is 32.3 Å². The van der Waals surface area contributed by atoms with Crippen LogP contribution in [0.4, 0.5) is 30.6 Å². The third-order valence-electron chi connectivity index (χ3n) is 8.32. The zero-order valence-electron chi connectivity index (χ0n) is 25.1. The number of alkyl halides is 3. The smallest absolute Gasteiger partial charge is 0.416 e. The molecule has 2 aromatic heterocycles. The molecule has 2 aliphatic heterocycles. The summed E-state index contributed by atoms with van der Waals surface area (Å²) in [6.07, 6.45) is -1.33. The average molecular weight is 608 g/mol. The van der Waals surface area contributed by atoms with Gasteiger partial charge in [-0.15, -0.1) is 0 Å². The van der Waals surface area contributed by atoms with E-state index in [1.54, 1.807) is 30.5 Å². The van der Waals surface area contributed by atoms with Crippen molar-refractivity contribution in [3.8, 4) is 11.5 Å². The molecule has 4 heterocycles. The molecular weight excluding hydrogens is 571 g/mol. The fourth-order valence-electron chi connectivity index (χ4n) is 6.10. The number of aromatic nitrogens is 3. The summed E-state index contributed by atoms with van der Waals surface area (Å²) in [6.45, 7) is 10.6. The number of benzene rings is 2. The Balaban J connectivity index is 1.29. The molecule has 2 aromatic carbocycles. The van der Waals surface area contributed by atoms with Gasteiger partial charge in [0, 0.05) is 69.7 Å². The van der Waals surface area contributed by atoms with E-state index in [4.69, 9.17) is 9.72 Å². The third-order valence-corrected chi connectivity index (χ3v) is 8.32. The number of hydrogen-bond acceptors (Lipinski definition) is 7. The minimum atomic E-state index is -4.48. The highest BCUT2D eigenvalue weighted by Gasteiger charge is 2.34. The first-order valence-electron chi connectivity index (χ1n) is 14.9. The number of anilines is 3. The van der Waals surface area contributed by atoms with Crippen molar-refractivity contribution in [3.63, 3.8) is 0 Å². The first-order valence-corrected chi connectivity index (χ1v) is 14.9. The fraction of sp³-hybridized carbons (Fsp3) is 0.406. The number of aryl methyl sites for hydroxylation is 3. The molecule has 0 bridgehead atoms. The number of likely N-dealkylation sites (N-methyl/N-ethyl adjacent to an activating group) is 1. The molecule has 6 rings (SSSR count). The van der Waals surface area contributed by atoms with Gasteiger partial charge in [-0.05, 0) is 61.7 Å². The number of imidazole rings is 1. The first kappa shape index (κ1) is 29.9. The molecule has 0 aliphatic carbocycles. The highest BCUT2D eigenvalue weighted by molar-refractivity contribution is 5.89. The van der Waals surface area contributed by atoms with Crippen LogP contribution in [0, 0.1) is 6.92 Å². The summed E-state index contributed by atoms with van der Waals surface area (Å²) in [7, 11) is 0. The molecule has 4 aromatic rings. The van der Waals surface area contributed by atoms with Crippen LogP contribution in [0.5, 0.6) is 11.5 Å². The van der Waals surface area contributed by atoms with Crippen LogP contribution >= 0.6 is 0 Å². The Morgan fingerprint density at radius 2 is 1.82 bits per heavy atom. The summed E-state index contributed by atoms with van der Waals surface area (Å²) >= 11 is 0. The predicted molar refractivity (Wildman–Crippen MR) is 164 cm³/mol. The van der Waals surface area contributed by atoms with Gasteiger partial charge in [-0.25, -0.2) is 9.97 Å². The van der Waals surface area contributed by atoms with Crippen molar-refractivity contribution >= 4 is 34.4 Å². The summed E-state index contributed by atoms with van der Waals surface area (Å²) in [6, 6.07) is 9.81. The highest BCUT2D eigenvalue weighted by Crippen LogP contribution is 2.40. The Bertz CT molecular complexity index is 1690. The first-order chi connectivity index (χ1) is 21.1. The molecule has 0 unspecified atom stereocenters. The number of halogens is 3. The zero-order chi connectivity index (χ0) is 31.0. The number of pyridine rings is 1. The van der Waals surface area contributed by atoms with Crippen LogP contribution in [0.25, 0.3) is 11.0 Å². The van der Waals surface area contributed by atoms with Gasteiger partial charge in [0.2, 0.25) is 11.9 Å². The zero-order valence-corrected chi connectivity index (χ0v) is 25.1. The van der Waals surface area contributed by atoms with Crippen molar-refractivity contribution in [2.24, 2.45) is 0 Å². The van der Waals surface area contributed by atoms with Gasteiger partial charge in [-0.1, -0.05) is 13.0 Å². The van der Waals surface area contributed by atoms with Crippen molar-refractivity contribution in [2.45, 2.75) is 52.9 Å². The van der Waals surface area contributed by atoms with E-state index < -0.39 is 11.7 Å². The topological polar surface area (TPSA) is 87.6 Å². The van der Waals surface area contributed by atoms with Crippen LogP contribution in [0.3, 0.4) is 0 Å². The number of carbonyl (C=O) groups is 1. The van der Waals surface area contributed by atoms with Crippen LogP contribution in [0.15, 0.2) is 42.6 Å². The van der Waals surface area contributed by atoms with Crippen LogP contribution in [-0.4, -0.2) is 63.0 Å². The van der Waals surface area contributed by atoms with E-state index in [-0.39, 0.29) is 18.0 Å². The van der Waals surface area contributed by atoms with Gasteiger partial charge in [-0.2, -0.15) is 13.2 Å². The molecule has 9 nitrogen and oxygen atoms in total. The number of nitrogens with one attached hydrogen (secondary N) is 2. The van der Waals surface area contributed by atoms with Crippen molar-refractivity contribution in [1.82, 2.24) is 24.3 Å². The number of carbonyl (C=O) groups excluding carboxylic acids is 1. The van der Waals surface area contributed by atoms with Crippen molar-refractivity contribution in [3.05, 3.63) is 64.8 Å². The predicted octanol–water partition coefficient (Wildman–Crippen LogP) is 6.34. The van der Waals surface area contributed by atoms with Gasteiger partial charge in [0.1, 0.15) is 17.3 Å². The van der Waals surface area contributed by atoms with E-state index in [0.29, 0.717) is 35.5 Å². The van der Waals surface area contributed by atoms with Gasteiger partial charge >= 0.3 is 6.18 Å². The van der Waals surface area contributed by atoms with E-state index in [1.807, 2.05) is 17.6 Å². The van der Waals surface area contributed by atoms with E-state index in [9.17, 15) is 18.0 Å². The molecule has 12 heteroatoms. The number of rotatable bonds is 8. The van der Waals surface area contributed by atoms with Crippen molar-refractivity contribution in [2.75, 3.05) is 43.4 Å². The van der Waals surface area contributed by atoms with Crippen LogP contribution in [0.2, 0.25) is 0 Å². The van der Waals surface area contributed by atoms with E-state index in [1.165, 1.54) is 13.0 Å². The average Bonchev–Trinajstić information content (AvgIpc) is 3.35. The summed E-state index contributed by atoms with van der Waals surface area (Å²) < 4.78 is 51.1. The summed E-state index contributed by atoms with van der Waals surface area (Å²) in [5.74, 6) is 1.86. The second-order valence-corrected chi connectivity index (χ2v) is 11.4. The van der Waals surface area contributed by atoms with Gasteiger partial charge in [-0.3, -0.25) is 9.69 Å². The SMILES string of the molecule is CCN1CCN(Cc2ccc(Nc3nc4c(C)cc(Oc5ccnc(NC(C)=O)c5)c5c4n3CCC5)cc2C(F)(F)F)CC1. The Hall–Kier alpha value is -4.16. The van der Waals surface area contributed by atoms with Crippen LogP contribution in [-0.2, 0) is 30.5 Å². The lowest BCUT2D eigenvalue weighted by Gasteiger charge is -2.34. The second-order valence-electron chi connectivity index (χ2n) is 11.4. The lowest BCUT2D eigenvalue weighted by atomic mass is 10.0. The van der Waals surface area contributed by atoms with Gasteiger partial charge in [0.25, 0.3) is 0 Å². The Kier molecular flexibility index (Phi) is 8.21. The van der Waals surface area contributed by atoms with Gasteiger partial charge < -0.3 is 24.8 Å². The summed E-state index contributed by atoms with van der Waals surface area (Å²) in [5, 5.41) is 5.86. The number of nitrogens with zero attached hydrogens (tertiary/aromatic N) is 5. The maximum atomic E-state index is 14.3. The molecule has 44 heavy (non-hydrogen) atoms. The Morgan fingerprint density at radius 3 is 2.55 bits per heavy atom. The van der Waals surface area contributed by atoms with E-state index in [0.717, 1.165) is 67.7 Å². The van der Waals surface area contributed by atoms with Crippen molar-refractivity contribution < 1.29 is 22.7 Å². The molecular formula is C32H36F3N7O2. The summed E-state index contributed by atoms with van der Waals surface area (Å²) in [4.78, 5) is 24.9. The molecule has 0 atom stereocenters. The molecule has 1 fully saturated rings.